The van der Waals surface area contributed by atoms with Gasteiger partial charge >= 0.3 is 5.63 Å². The quantitative estimate of drug-likeness (QED) is 0.427. The van der Waals surface area contributed by atoms with E-state index in [1.807, 2.05) is 25.1 Å². The highest BCUT2D eigenvalue weighted by Crippen LogP contribution is 2.25. The molecule has 5 rings (SSSR count). The van der Waals surface area contributed by atoms with Crippen LogP contribution in [0.5, 0.6) is 0 Å². The van der Waals surface area contributed by atoms with Crippen LogP contribution in [0.25, 0.3) is 44.8 Å². The lowest BCUT2D eigenvalue weighted by Crippen LogP contribution is -2.23. The van der Waals surface area contributed by atoms with Crippen LogP contribution in [-0.4, -0.2) is 19.7 Å². The Kier molecular flexibility index (Phi) is 4.06. The van der Waals surface area contributed by atoms with Gasteiger partial charge in [0, 0.05) is 17.5 Å². The van der Waals surface area contributed by atoms with Gasteiger partial charge in [0.15, 0.2) is 0 Å². The lowest BCUT2D eigenvalue weighted by atomic mass is 10.1. The van der Waals surface area contributed by atoms with Gasteiger partial charge in [0.2, 0.25) is 5.82 Å². The number of aryl methyl sites for hydroxylation is 2. The smallest absolute Gasteiger partial charge is 0.349 e. The standard InChI is InChI=1S/C22H16N4O4/c1-3-26-17-9-8-14(11-16(17)23-12(2)21(26)27)19-24-20(30-25-19)15-10-13-6-4-5-7-18(13)29-22(15)28/h4-11H,3H2,1-2H3. The summed E-state index contributed by atoms with van der Waals surface area (Å²) in [4.78, 5) is 33.4. The summed E-state index contributed by atoms with van der Waals surface area (Å²) in [5.74, 6) is 0.389. The van der Waals surface area contributed by atoms with E-state index >= 15 is 0 Å². The number of aromatic nitrogens is 4. The van der Waals surface area contributed by atoms with Crippen LogP contribution >= 0.6 is 0 Å². The normalized spacial score (nSPS) is 11.4. The molecule has 0 saturated carbocycles. The topological polar surface area (TPSA) is 104 Å². The maximum atomic E-state index is 12.4. The average Bonchev–Trinajstić information content (AvgIpc) is 3.24. The van der Waals surface area contributed by atoms with Crippen LogP contribution in [0.15, 0.2) is 67.1 Å². The second-order valence-corrected chi connectivity index (χ2v) is 6.86. The molecule has 8 nitrogen and oxygen atoms in total. The summed E-state index contributed by atoms with van der Waals surface area (Å²) in [5, 5.41) is 4.77. The van der Waals surface area contributed by atoms with Crippen molar-refractivity contribution >= 4 is 22.0 Å². The summed E-state index contributed by atoms with van der Waals surface area (Å²) in [6, 6.07) is 14.3. The van der Waals surface area contributed by atoms with E-state index in [0.717, 1.165) is 10.9 Å². The molecule has 0 bridgehead atoms. The molecule has 148 valence electrons. The van der Waals surface area contributed by atoms with Crippen molar-refractivity contribution in [2.45, 2.75) is 20.4 Å². The predicted molar refractivity (Wildman–Crippen MR) is 111 cm³/mol. The molecule has 5 aromatic rings. The van der Waals surface area contributed by atoms with E-state index in [1.54, 1.807) is 41.8 Å². The summed E-state index contributed by atoms with van der Waals surface area (Å²) in [6.07, 6.45) is 0. The largest absolute Gasteiger partial charge is 0.422 e. The molecule has 2 aromatic carbocycles. The molecule has 30 heavy (non-hydrogen) atoms. The number of benzene rings is 2. The monoisotopic (exact) mass is 400 g/mol. The highest BCUT2D eigenvalue weighted by Gasteiger charge is 2.17. The van der Waals surface area contributed by atoms with Gasteiger partial charge in [-0.2, -0.15) is 4.98 Å². The third kappa shape index (κ3) is 2.81. The minimum absolute atomic E-state index is 0.0762. The number of nitrogens with zero attached hydrogens (tertiary/aromatic N) is 4. The van der Waals surface area contributed by atoms with Crippen LogP contribution in [-0.2, 0) is 6.54 Å². The zero-order valence-corrected chi connectivity index (χ0v) is 16.2. The first kappa shape index (κ1) is 18.0. The minimum Gasteiger partial charge on any atom is -0.422 e. The minimum atomic E-state index is -0.549. The Morgan fingerprint density at radius 2 is 1.87 bits per heavy atom. The fourth-order valence-corrected chi connectivity index (χ4v) is 3.49. The highest BCUT2D eigenvalue weighted by atomic mass is 16.5. The van der Waals surface area contributed by atoms with Crippen molar-refractivity contribution in [1.29, 1.82) is 0 Å². The molecule has 8 heteroatoms. The molecule has 3 heterocycles. The van der Waals surface area contributed by atoms with Crippen molar-refractivity contribution in [2.75, 3.05) is 0 Å². The zero-order chi connectivity index (χ0) is 20.8. The van der Waals surface area contributed by atoms with E-state index < -0.39 is 5.63 Å². The van der Waals surface area contributed by atoms with Crippen LogP contribution < -0.4 is 11.2 Å². The van der Waals surface area contributed by atoms with Crippen molar-refractivity contribution < 1.29 is 8.94 Å². The summed E-state index contributed by atoms with van der Waals surface area (Å²) in [7, 11) is 0. The molecule has 0 aliphatic heterocycles. The number of rotatable bonds is 3. The average molecular weight is 400 g/mol. The SMILES string of the molecule is CCn1c(=O)c(C)nc2cc(-c3noc(-c4cc5ccccc5oc4=O)n3)ccc21. The van der Waals surface area contributed by atoms with Gasteiger partial charge in [0.25, 0.3) is 11.4 Å². The molecule has 0 saturated heterocycles. The third-order valence-corrected chi connectivity index (χ3v) is 4.98. The van der Waals surface area contributed by atoms with Crippen molar-refractivity contribution in [2.24, 2.45) is 0 Å². The second-order valence-electron chi connectivity index (χ2n) is 6.86. The zero-order valence-electron chi connectivity index (χ0n) is 16.2. The Hall–Kier alpha value is -4.07. The molecule has 0 unspecified atom stereocenters. The van der Waals surface area contributed by atoms with E-state index in [9.17, 15) is 9.59 Å². The first-order valence-electron chi connectivity index (χ1n) is 9.43. The first-order valence-corrected chi connectivity index (χ1v) is 9.43. The van der Waals surface area contributed by atoms with Crippen molar-refractivity contribution in [3.05, 3.63) is 75.0 Å². The Labute approximate surface area is 169 Å². The molecule has 0 aliphatic rings. The lowest BCUT2D eigenvalue weighted by Gasteiger charge is -2.09. The van der Waals surface area contributed by atoms with Gasteiger partial charge < -0.3 is 13.5 Å². The summed E-state index contributed by atoms with van der Waals surface area (Å²) in [6.45, 7) is 4.14. The van der Waals surface area contributed by atoms with Gasteiger partial charge in [-0.1, -0.05) is 23.4 Å². The van der Waals surface area contributed by atoms with Gasteiger partial charge in [-0.15, -0.1) is 0 Å². The van der Waals surface area contributed by atoms with Gasteiger partial charge in [-0.25, -0.2) is 9.78 Å². The Morgan fingerprint density at radius 3 is 2.70 bits per heavy atom. The second kappa shape index (κ2) is 6.77. The molecular formula is C22H16N4O4. The van der Waals surface area contributed by atoms with E-state index in [-0.39, 0.29) is 17.0 Å². The Bertz CT molecular complexity index is 1540. The van der Waals surface area contributed by atoms with Crippen molar-refractivity contribution in [3.8, 4) is 22.8 Å². The summed E-state index contributed by atoms with van der Waals surface area (Å²) >= 11 is 0. The number of hydrogen-bond acceptors (Lipinski definition) is 7. The van der Waals surface area contributed by atoms with Gasteiger partial charge in [-0.3, -0.25) is 4.79 Å². The Morgan fingerprint density at radius 1 is 1.03 bits per heavy atom. The number of para-hydroxylation sites is 1. The van der Waals surface area contributed by atoms with Gasteiger partial charge in [-0.05, 0) is 44.2 Å². The van der Waals surface area contributed by atoms with Crippen LogP contribution in [0, 0.1) is 6.92 Å². The van der Waals surface area contributed by atoms with Gasteiger partial charge in [0.1, 0.15) is 16.8 Å². The molecule has 0 fully saturated rings. The first-order chi connectivity index (χ1) is 14.5. The molecule has 0 radical (unpaired) electrons. The van der Waals surface area contributed by atoms with Gasteiger partial charge in [0.05, 0.1) is 11.0 Å². The van der Waals surface area contributed by atoms with Crippen LogP contribution in [0.2, 0.25) is 0 Å². The fraction of sp³-hybridized carbons (Fsp3) is 0.136. The van der Waals surface area contributed by atoms with E-state index in [2.05, 4.69) is 15.1 Å². The molecule has 3 aromatic heterocycles. The van der Waals surface area contributed by atoms with Crippen LogP contribution in [0.3, 0.4) is 0 Å². The maximum Gasteiger partial charge on any atom is 0.349 e. The number of fused-ring (bicyclic) bond motifs is 2. The molecule has 0 atom stereocenters. The Balaban J connectivity index is 1.61. The van der Waals surface area contributed by atoms with Crippen LogP contribution in [0.1, 0.15) is 12.6 Å². The van der Waals surface area contributed by atoms with E-state index in [0.29, 0.717) is 34.7 Å². The van der Waals surface area contributed by atoms with Crippen molar-refractivity contribution in [1.82, 2.24) is 19.7 Å². The van der Waals surface area contributed by atoms with Crippen LogP contribution in [0.4, 0.5) is 0 Å². The summed E-state index contributed by atoms with van der Waals surface area (Å²) < 4.78 is 12.4. The molecule has 0 aliphatic carbocycles. The summed E-state index contributed by atoms with van der Waals surface area (Å²) in [5.41, 5.74) is 2.50. The molecule has 0 amide bonds. The number of hydrogen-bond donors (Lipinski definition) is 0. The highest BCUT2D eigenvalue weighted by molar-refractivity contribution is 5.82. The fourth-order valence-electron chi connectivity index (χ4n) is 3.49. The van der Waals surface area contributed by atoms with E-state index in [4.69, 9.17) is 8.94 Å². The third-order valence-electron chi connectivity index (χ3n) is 4.98. The molecular weight excluding hydrogens is 384 g/mol. The van der Waals surface area contributed by atoms with Crippen molar-refractivity contribution in [3.63, 3.8) is 0 Å². The maximum absolute atomic E-state index is 12.4. The lowest BCUT2D eigenvalue weighted by molar-refractivity contribution is 0.429. The molecule has 0 spiro atoms. The predicted octanol–water partition coefficient (Wildman–Crippen LogP) is 3.55. The molecule has 0 N–H and O–H groups in total. The van der Waals surface area contributed by atoms with E-state index in [1.165, 1.54) is 0 Å².